The van der Waals surface area contributed by atoms with Gasteiger partial charge in [-0.25, -0.2) is 4.39 Å². The zero-order valence-electron chi connectivity index (χ0n) is 15.6. The van der Waals surface area contributed by atoms with E-state index in [1.54, 1.807) is 12.1 Å². The minimum Gasteiger partial charge on any atom is -0.355 e. The Labute approximate surface area is 154 Å². The number of rotatable bonds is 8. The van der Waals surface area contributed by atoms with Crippen molar-refractivity contribution in [3.63, 3.8) is 0 Å². The first-order chi connectivity index (χ1) is 12.5. The van der Waals surface area contributed by atoms with Crippen LogP contribution in [0.1, 0.15) is 19.4 Å². The number of carbonyl (C=O) groups excluding carboxylic acids is 2. The van der Waals surface area contributed by atoms with E-state index in [4.69, 9.17) is 0 Å². The number of likely N-dealkylation sites (N-methyl/N-ethyl adjacent to an activating group) is 1. The van der Waals surface area contributed by atoms with E-state index < -0.39 is 0 Å². The van der Waals surface area contributed by atoms with Crippen LogP contribution in [-0.4, -0.2) is 73.5 Å². The highest BCUT2D eigenvalue weighted by Crippen LogP contribution is 2.07. The number of halogens is 1. The number of hydrogen-bond donors (Lipinski definition) is 2. The summed E-state index contributed by atoms with van der Waals surface area (Å²) in [7, 11) is 0. The molecule has 2 amide bonds. The van der Waals surface area contributed by atoms with Gasteiger partial charge in [-0.05, 0) is 38.0 Å². The predicted octanol–water partition coefficient (Wildman–Crippen LogP) is 0.627. The van der Waals surface area contributed by atoms with Gasteiger partial charge in [0.15, 0.2) is 0 Å². The highest BCUT2D eigenvalue weighted by atomic mass is 19.1. The van der Waals surface area contributed by atoms with Gasteiger partial charge in [0.1, 0.15) is 5.82 Å². The third kappa shape index (κ3) is 6.38. The molecule has 1 fully saturated rings. The van der Waals surface area contributed by atoms with Crippen LogP contribution in [0.2, 0.25) is 0 Å². The second-order valence-electron chi connectivity index (χ2n) is 6.61. The van der Waals surface area contributed by atoms with E-state index in [0.717, 1.165) is 31.7 Å². The maximum atomic E-state index is 12.9. The molecule has 0 aromatic heterocycles. The number of nitrogens with zero attached hydrogens (tertiary/aromatic N) is 2. The molecule has 0 aliphatic carbocycles. The number of amides is 2. The number of piperazine rings is 1. The molecule has 1 aromatic carbocycles. The van der Waals surface area contributed by atoms with Crippen LogP contribution in [0.25, 0.3) is 0 Å². The van der Waals surface area contributed by atoms with Gasteiger partial charge in [0.05, 0.1) is 12.6 Å². The molecule has 26 heavy (non-hydrogen) atoms. The molecule has 2 rings (SSSR count). The first-order valence-electron chi connectivity index (χ1n) is 9.25. The van der Waals surface area contributed by atoms with Crippen molar-refractivity contribution in [1.82, 2.24) is 20.4 Å². The number of carbonyl (C=O) groups is 2. The Balaban J connectivity index is 1.68. The van der Waals surface area contributed by atoms with Gasteiger partial charge in [-0.15, -0.1) is 0 Å². The smallest absolute Gasteiger partial charge is 0.237 e. The fourth-order valence-corrected chi connectivity index (χ4v) is 3.06. The highest BCUT2D eigenvalue weighted by molar-refractivity contribution is 5.81. The van der Waals surface area contributed by atoms with Crippen LogP contribution < -0.4 is 10.6 Å². The molecule has 1 saturated heterocycles. The van der Waals surface area contributed by atoms with Crippen molar-refractivity contribution in [2.75, 3.05) is 45.8 Å². The fourth-order valence-electron chi connectivity index (χ4n) is 3.06. The standard InChI is InChI=1S/C19H29FN4O2/c1-3-21-18(25)14-23-10-12-24(13-11-23)15(2)19(26)22-9-8-16-4-6-17(20)7-5-16/h4-7,15H,3,8-14H2,1-2H3,(H,21,25)(H,22,26). The summed E-state index contributed by atoms with van der Waals surface area (Å²) < 4.78 is 12.9. The van der Waals surface area contributed by atoms with Crippen LogP contribution in [0, 0.1) is 5.82 Å². The van der Waals surface area contributed by atoms with Crippen LogP contribution in [0.15, 0.2) is 24.3 Å². The lowest BCUT2D eigenvalue weighted by Crippen LogP contribution is -2.55. The van der Waals surface area contributed by atoms with Crippen molar-refractivity contribution in [3.8, 4) is 0 Å². The average molecular weight is 364 g/mol. The van der Waals surface area contributed by atoms with E-state index in [-0.39, 0.29) is 23.7 Å². The molecule has 0 bridgehead atoms. The summed E-state index contributed by atoms with van der Waals surface area (Å²) in [5.41, 5.74) is 0.998. The summed E-state index contributed by atoms with van der Waals surface area (Å²) in [5.74, 6) is -0.199. The summed E-state index contributed by atoms with van der Waals surface area (Å²) in [6, 6.07) is 6.13. The summed E-state index contributed by atoms with van der Waals surface area (Å²) in [6.07, 6.45) is 0.680. The summed E-state index contributed by atoms with van der Waals surface area (Å²) in [5, 5.41) is 5.76. The van der Waals surface area contributed by atoms with E-state index in [9.17, 15) is 14.0 Å². The van der Waals surface area contributed by atoms with E-state index in [1.807, 2.05) is 13.8 Å². The van der Waals surface area contributed by atoms with Gasteiger partial charge in [0.2, 0.25) is 11.8 Å². The average Bonchev–Trinajstić information content (AvgIpc) is 2.63. The van der Waals surface area contributed by atoms with Crippen LogP contribution >= 0.6 is 0 Å². The molecule has 1 aliphatic rings. The molecule has 0 radical (unpaired) electrons. The largest absolute Gasteiger partial charge is 0.355 e. The van der Waals surface area contributed by atoms with Crippen molar-refractivity contribution in [1.29, 1.82) is 0 Å². The second kappa shape index (κ2) is 10.2. The number of benzene rings is 1. The lowest BCUT2D eigenvalue weighted by atomic mass is 10.1. The molecule has 1 atom stereocenters. The van der Waals surface area contributed by atoms with Crippen molar-refractivity contribution in [2.24, 2.45) is 0 Å². The first-order valence-corrected chi connectivity index (χ1v) is 9.25. The number of nitrogens with one attached hydrogen (secondary N) is 2. The molecule has 0 saturated carbocycles. The van der Waals surface area contributed by atoms with Crippen molar-refractivity contribution >= 4 is 11.8 Å². The second-order valence-corrected chi connectivity index (χ2v) is 6.61. The minimum atomic E-state index is -0.252. The molecule has 0 spiro atoms. The molecule has 144 valence electrons. The number of hydrogen-bond acceptors (Lipinski definition) is 4. The molecule has 6 nitrogen and oxygen atoms in total. The molecular weight excluding hydrogens is 335 g/mol. The third-order valence-electron chi connectivity index (χ3n) is 4.70. The lowest BCUT2D eigenvalue weighted by Gasteiger charge is -2.37. The van der Waals surface area contributed by atoms with Gasteiger partial charge in [0.25, 0.3) is 0 Å². The topological polar surface area (TPSA) is 64.7 Å². The maximum absolute atomic E-state index is 12.9. The zero-order chi connectivity index (χ0) is 18.9. The Morgan fingerprint density at radius 1 is 1.12 bits per heavy atom. The van der Waals surface area contributed by atoms with Gasteiger partial charge >= 0.3 is 0 Å². The Kier molecular flexibility index (Phi) is 8.00. The van der Waals surface area contributed by atoms with E-state index in [0.29, 0.717) is 26.1 Å². The van der Waals surface area contributed by atoms with Gasteiger partial charge in [-0.1, -0.05) is 12.1 Å². The SMILES string of the molecule is CCNC(=O)CN1CCN(C(C)C(=O)NCCc2ccc(F)cc2)CC1. The molecule has 1 aromatic rings. The highest BCUT2D eigenvalue weighted by Gasteiger charge is 2.25. The molecule has 1 aliphatic heterocycles. The lowest BCUT2D eigenvalue weighted by molar-refractivity contribution is -0.127. The molecule has 1 heterocycles. The van der Waals surface area contributed by atoms with Gasteiger partial charge < -0.3 is 10.6 Å². The molecule has 2 N–H and O–H groups in total. The van der Waals surface area contributed by atoms with Crippen molar-refractivity contribution < 1.29 is 14.0 Å². The normalized spacial score (nSPS) is 16.9. The van der Waals surface area contributed by atoms with Crippen LogP contribution in [0.5, 0.6) is 0 Å². The third-order valence-corrected chi connectivity index (χ3v) is 4.70. The molecular formula is C19H29FN4O2. The minimum absolute atomic E-state index is 0.00397. The monoisotopic (exact) mass is 364 g/mol. The van der Waals surface area contributed by atoms with Gasteiger partial charge in [-0.3, -0.25) is 19.4 Å². The zero-order valence-corrected chi connectivity index (χ0v) is 15.6. The van der Waals surface area contributed by atoms with Crippen molar-refractivity contribution in [2.45, 2.75) is 26.3 Å². The van der Waals surface area contributed by atoms with Crippen LogP contribution in [-0.2, 0) is 16.0 Å². The Morgan fingerprint density at radius 3 is 2.38 bits per heavy atom. The van der Waals surface area contributed by atoms with E-state index in [2.05, 4.69) is 20.4 Å². The first kappa shape index (κ1) is 20.3. The Hall–Kier alpha value is -1.99. The van der Waals surface area contributed by atoms with E-state index >= 15 is 0 Å². The Morgan fingerprint density at radius 2 is 1.77 bits per heavy atom. The quantitative estimate of drug-likeness (QED) is 0.710. The van der Waals surface area contributed by atoms with Gasteiger partial charge in [0, 0.05) is 39.3 Å². The summed E-state index contributed by atoms with van der Waals surface area (Å²) >= 11 is 0. The van der Waals surface area contributed by atoms with Crippen LogP contribution in [0.4, 0.5) is 4.39 Å². The van der Waals surface area contributed by atoms with E-state index in [1.165, 1.54) is 12.1 Å². The maximum Gasteiger partial charge on any atom is 0.237 e. The van der Waals surface area contributed by atoms with Crippen molar-refractivity contribution in [3.05, 3.63) is 35.6 Å². The summed E-state index contributed by atoms with van der Waals surface area (Å²) in [6.45, 7) is 8.52. The fraction of sp³-hybridized carbons (Fsp3) is 0.579. The predicted molar refractivity (Wildman–Crippen MR) is 99.3 cm³/mol. The molecule has 1 unspecified atom stereocenters. The Bertz CT molecular complexity index is 586. The molecule has 7 heteroatoms. The summed E-state index contributed by atoms with van der Waals surface area (Å²) in [4.78, 5) is 28.2. The van der Waals surface area contributed by atoms with Crippen LogP contribution in [0.3, 0.4) is 0 Å². The van der Waals surface area contributed by atoms with Gasteiger partial charge in [-0.2, -0.15) is 0 Å².